The Morgan fingerprint density at radius 3 is 2.55 bits per heavy atom. The molecule has 1 aromatic carbocycles. The number of hydrogen-bond donors (Lipinski definition) is 2. The number of aliphatic hydroxyl groups is 2. The van der Waals surface area contributed by atoms with Crippen molar-refractivity contribution in [2.45, 2.75) is 43.9 Å². The summed E-state index contributed by atoms with van der Waals surface area (Å²) in [5.41, 5.74) is 0.496. The second kappa shape index (κ2) is 11.3. The van der Waals surface area contributed by atoms with Gasteiger partial charge >= 0.3 is 0 Å². The predicted octanol–water partition coefficient (Wildman–Crippen LogP) is 0.208. The van der Waals surface area contributed by atoms with Crippen LogP contribution in [-0.4, -0.2) is 104 Å². The Bertz CT molecular complexity index is 999. The Balaban J connectivity index is 2.53. The average molecular weight is 482 g/mol. The lowest BCUT2D eigenvalue weighted by Gasteiger charge is -2.37. The lowest BCUT2D eigenvalue weighted by Crippen LogP contribution is -2.50. The molecule has 4 atom stereocenters. The minimum atomic E-state index is -3.96. The van der Waals surface area contributed by atoms with Gasteiger partial charge in [0, 0.05) is 31.1 Å². The lowest BCUT2D eigenvalue weighted by molar-refractivity contribution is -0.132. The van der Waals surface area contributed by atoms with Crippen LogP contribution in [0.2, 0.25) is 0 Å². The molecule has 1 aliphatic rings. The maximum atomic E-state index is 13.4. The summed E-state index contributed by atoms with van der Waals surface area (Å²) in [6.07, 6.45) is -1.33. The highest BCUT2D eigenvalue weighted by Gasteiger charge is 2.38. The number of likely N-dealkylation sites (N-methyl/N-ethyl adjacent to an activating group) is 2. The summed E-state index contributed by atoms with van der Waals surface area (Å²) in [5, 5.41) is 19.2. The topological polar surface area (TPSA) is 111 Å². The molecule has 0 bridgehead atoms. The zero-order chi connectivity index (χ0) is 24.9. The van der Waals surface area contributed by atoms with Gasteiger partial charge in [-0.25, -0.2) is 8.42 Å². The number of ether oxygens (including phenoxy) is 1. The Kier molecular flexibility index (Phi) is 9.29. The van der Waals surface area contributed by atoms with E-state index in [1.807, 2.05) is 21.0 Å². The quantitative estimate of drug-likeness (QED) is 0.559. The summed E-state index contributed by atoms with van der Waals surface area (Å²) in [7, 11) is 1.36. The van der Waals surface area contributed by atoms with Crippen molar-refractivity contribution >= 4 is 15.9 Å². The van der Waals surface area contributed by atoms with Gasteiger partial charge in [-0.3, -0.25) is 4.79 Å². The van der Waals surface area contributed by atoms with Crippen molar-refractivity contribution < 1.29 is 28.2 Å². The van der Waals surface area contributed by atoms with Gasteiger partial charge in [0.15, 0.2) is 0 Å². The molecule has 2 rings (SSSR count). The van der Waals surface area contributed by atoms with Crippen LogP contribution in [0.4, 0.5) is 0 Å². The van der Waals surface area contributed by atoms with Gasteiger partial charge in [0.1, 0.15) is 22.9 Å². The number of aliphatic hydroxyl groups excluding tert-OH is 2. The van der Waals surface area contributed by atoms with Crippen LogP contribution >= 0.6 is 0 Å². The molecular formula is C23H35N3O6S. The number of sulfonamides is 1. The number of amides is 1. The normalized spacial score (nSPS) is 22.1. The van der Waals surface area contributed by atoms with E-state index in [2.05, 4.69) is 11.8 Å². The van der Waals surface area contributed by atoms with Gasteiger partial charge in [0.05, 0.1) is 19.7 Å². The molecule has 1 aromatic rings. The first kappa shape index (κ1) is 27.1. The van der Waals surface area contributed by atoms with Crippen molar-refractivity contribution in [2.75, 3.05) is 47.4 Å². The number of carbonyl (C=O) groups is 1. The third-order valence-corrected chi connectivity index (χ3v) is 7.44. The highest BCUT2D eigenvalue weighted by Crippen LogP contribution is 2.34. The third kappa shape index (κ3) is 6.91. The summed E-state index contributed by atoms with van der Waals surface area (Å²) in [6.45, 7) is 5.36. The molecule has 0 fully saturated rings. The zero-order valence-electron chi connectivity index (χ0n) is 20.1. The second-order valence-corrected chi connectivity index (χ2v) is 10.7. The molecule has 0 unspecified atom stereocenters. The van der Waals surface area contributed by atoms with E-state index >= 15 is 0 Å². The molecule has 0 aromatic heterocycles. The molecule has 0 saturated carbocycles. The summed E-state index contributed by atoms with van der Waals surface area (Å²) in [6, 6.07) is 3.90. The van der Waals surface area contributed by atoms with Gasteiger partial charge in [-0.2, -0.15) is 4.31 Å². The summed E-state index contributed by atoms with van der Waals surface area (Å²) >= 11 is 0. The molecule has 184 valence electrons. The SMILES string of the molecule is C[C@H](CO)N1C[C@H](C)[C@@H](CN(C)C(=O)CN(C)C)Oc2cc(C#C[C@@H](C)O)ccc2S1(=O)=O. The van der Waals surface area contributed by atoms with Gasteiger partial charge in [-0.15, -0.1) is 0 Å². The fourth-order valence-electron chi connectivity index (χ4n) is 3.47. The highest BCUT2D eigenvalue weighted by molar-refractivity contribution is 7.89. The molecule has 0 radical (unpaired) electrons. The van der Waals surface area contributed by atoms with Crippen LogP contribution in [0.25, 0.3) is 0 Å². The van der Waals surface area contributed by atoms with Crippen LogP contribution in [0.1, 0.15) is 26.3 Å². The minimum Gasteiger partial charge on any atom is -0.487 e. The minimum absolute atomic E-state index is 0.0235. The van der Waals surface area contributed by atoms with E-state index in [4.69, 9.17) is 4.74 Å². The first-order valence-electron chi connectivity index (χ1n) is 10.9. The van der Waals surface area contributed by atoms with Crippen LogP contribution in [0, 0.1) is 17.8 Å². The number of rotatable bonds is 6. The Labute approximate surface area is 197 Å². The van der Waals surface area contributed by atoms with Gasteiger partial charge in [-0.05, 0) is 46.1 Å². The lowest BCUT2D eigenvalue weighted by atomic mass is 10.0. The van der Waals surface area contributed by atoms with Crippen LogP contribution in [-0.2, 0) is 14.8 Å². The van der Waals surface area contributed by atoms with E-state index in [-0.39, 0.29) is 48.7 Å². The number of fused-ring (bicyclic) bond motifs is 1. The maximum absolute atomic E-state index is 13.4. The number of carbonyl (C=O) groups excluding carboxylic acids is 1. The monoisotopic (exact) mass is 481 g/mol. The van der Waals surface area contributed by atoms with Crippen LogP contribution in [0.5, 0.6) is 5.75 Å². The van der Waals surface area contributed by atoms with Crippen LogP contribution < -0.4 is 4.74 Å². The molecule has 10 heteroatoms. The van der Waals surface area contributed by atoms with Crippen molar-refractivity contribution in [2.24, 2.45) is 5.92 Å². The smallest absolute Gasteiger partial charge is 0.247 e. The Morgan fingerprint density at radius 1 is 1.30 bits per heavy atom. The van der Waals surface area contributed by atoms with E-state index < -0.39 is 28.3 Å². The van der Waals surface area contributed by atoms with E-state index in [1.54, 1.807) is 29.8 Å². The molecule has 2 N–H and O–H groups in total. The van der Waals surface area contributed by atoms with Crippen molar-refractivity contribution in [1.29, 1.82) is 0 Å². The Hall–Kier alpha value is -2.16. The molecule has 9 nitrogen and oxygen atoms in total. The van der Waals surface area contributed by atoms with Crippen molar-refractivity contribution in [3.05, 3.63) is 23.8 Å². The van der Waals surface area contributed by atoms with Crippen molar-refractivity contribution in [1.82, 2.24) is 14.1 Å². The molecular weight excluding hydrogens is 446 g/mol. The first-order chi connectivity index (χ1) is 15.4. The second-order valence-electron chi connectivity index (χ2n) is 8.86. The van der Waals surface area contributed by atoms with Gasteiger partial charge in [-0.1, -0.05) is 18.8 Å². The summed E-state index contributed by atoms with van der Waals surface area (Å²) in [5.74, 6) is 5.23. The molecule has 1 heterocycles. The Morgan fingerprint density at radius 2 is 1.97 bits per heavy atom. The fraction of sp³-hybridized carbons (Fsp3) is 0.609. The van der Waals surface area contributed by atoms with Crippen LogP contribution in [0.15, 0.2) is 23.1 Å². The summed E-state index contributed by atoms with van der Waals surface area (Å²) < 4.78 is 34.4. The molecule has 0 saturated heterocycles. The van der Waals surface area contributed by atoms with Gasteiger partial charge in [0.2, 0.25) is 15.9 Å². The number of benzene rings is 1. The maximum Gasteiger partial charge on any atom is 0.247 e. The highest BCUT2D eigenvalue weighted by atomic mass is 32.2. The third-order valence-electron chi connectivity index (χ3n) is 5.42. The first-order valence-corrected chi connectivity index (χ1v) is 12.3. The van der Waals surface area contributed by atoms with Crippen LogP contribution in [0.3, 0.4) is 0 Å². The van der Waals surface area contributed by atoms with Crippen molar-refractivity contribution in [3.63, 3.8) is 0 Å². The number of nitrogens with zero attached hydrogens (tertiary/aromatic N) is 3. The largest absolute Gasteiger partial charge is 0.487 e. The number of hydrogen-bond acceptors (Lipinski definition) is 7. The van der Waals surface area contributed by atoms with E-state index in [1.165, 1.54) is 23.4 Å². The zero-order valence-corrected chi connectivity index (χ0v) is 21.0. The molecule has 0 spiro atoms. The molecule has 0 aliphatic carbocycles. The molecule has 1 aliphatic heterocycles. The van der Waals surface area contributed by atoms with E-state index in [0.717, 1.165) is 0 Å². The van der Waals surface area contributed by atoms with Gasteiger partial charge < -0.3 is 24.7 Å². The standard InChI is InChI=1S/C23H35N3O6S/c1-16-12-26(17(2)15-27)33(30,31)22-10-9-19(8-7-18(3)28)11-20(22)32-21(16)13-25(6)23(29)14-24(4)5/h9-11,16-18,21,27-28H,12-15H2,1-6H3/t16-,17+,18+,21+/m0/s1. The molecule has 1 amide bonds. The van der Waals surface area contributed by atoms with E-state index in [9.17, 15) is 23.4 Å². The van der Waals surface area contributed by atoms with Crippen molar-refractivity contribution in [3.8, 4) is 17.6 Å². The fourth-order valence-corrected chi connectivity index (χ4v) is 5.30. The average Bonchev–Trinajstić information content (AvgIpc) is 2.73. The van der Waals surface area contributed by atoms with E-state index in [0.29, 0.717) is 5.56 Å². The molecule has 33 heavy (non-hydrogen) atoms. The predicted molar refractivity (Wildman–Crippen MR) is 125 cm³/mol. The van der Waals surface area contributed by atoms with Gasteiger partial charge in [0.25, 0.3) is 0 Å². The summed E-state index contributed by atoms with van der Waals surface area (Å²) in [4.78, 5) is 15.8.